The maximum atomic E-state index is 13.1. The molecular formula is C24H31ClN2O5. The average molecular weight is 463 g/mol. The molecule has 1 N–H and O–H groups in total. The van der Waals surface area contributed by atoms with Crippen LogP contribution in [0.15, 0.2) is 46.8 Å². The van der Waals surface area contributed by atoms with E-state index < -0.39 is 17.9 Å². The molecule has 0 aromatic heterocycles. The first kappa shape index (κ1) is 24.3. The van der Waals surface area contributed by atoms with Crippen molar-refractivity contribution in [2.75, 3.05) is 46.6 Å². The summed E-state index contributed by atoms with van der Waals surface area (Å²) >= 11 is 6.51. The van der Waals surface area contributed by atoms with Crippen molar-refractivity contribution in [3.8, 4) is 0 Å². The lowest BCUT2D eigenvalue weighted by molar-refractivity contribution is -0.139. The predicted octanol–water partition coefficient (Wildman–Crippen LogP) is 3.40. The molecule has 1 atom stereocenters. The van der Waals surface area contributed by atoms with Crippen LogP contribution in [0.25, 0.3) is 0 Å². The van der Waals surface area contributed by atoms with Crippen LogP contribution in [0.4, 0.5) is 0 Å². The van der Waals surface area contributed by atoms with E-state index in [1.807, 2.05) is 6.07 Å². The van der Waals surface area contributed by atoms with E-state index in [1.165, 1.54) is 20.0 Å². The van der Waals surface area contributed by atoms with Crippen LogP contribution in [-0.2, 0) is 23.8 Å². The Morgan fingerprint density at radius 1 is 1.16 bits per heavy atom. The van der Waals surface area contributed by atoms with Crippen molar-refractivity contribution in [2.24, 2.45) is 0 Å². The topological polar surface area (TPSA) is 77.1 Å². The number of nitrogens with one attached hydrogen (secondary N) is 1. The first-order chi connectivity index (χ1) is 15.5. The van der Waals surface area contributed by atoms with Gasteiger partial charge in [0.15, 0.2) is 0 Å². The quantitative estimate of drug-likeness (QED) is 0.445. The Morgan fingerprint density at radius 2 is 1.88 bits per heavy atom. The highest BCUT2D eigenvalue weighted by Gasteiger charge is 2.39. The Bertz CT molecular complexity index is 905. The number of halogens is 1. The van der Waals surface area contributed by atoms with E-state index in [1.54, 1.807) is 32.0 Å². The minimum absolute atomic E-state index is 0.189. The zero-order valence-electron chi connectivity index (χ0n) is 18.9. The van der Waals surface area contributed by atoms with Gasteiger partial charge < -0.3 is 24.4 Å². The summed E-state index contributed by atoms with van der Waals surface area (Å²) in [7, 11) is 1.32. The van der Waals surface area contributed by atoms with Crippen molar-refractivity contribution in [3.05, 3.63) is 57.4 Å². The lowest BCUT2D eigenvalue weighted by Crippen LogP contribution is -2.35. The van der Waals surface area contributed by atoms with Crippen molar-refractivity contribution in [3.63, 3.8) is 0 Å². The summed E-state index contributed by atoms with van der Waals surface area (Å²) in [5, 5.41) is 3.64. The molecule has 1 saturated heterocycles. The molecule has 174 valence electrons. The standard InChI is InChI=1S/C24H31ClN2O5/c1-4-32-24(29)22-19(15-31-14-13-27-11-7-8-12-27)26-16(2)20(23(28)30-3)21(22)17-9-5-6-10-18(17)25/h5-6,9-10,21,26H,4,7-8,11-15H2,1-3H3. The van der Waals surface area contributed by atoms with Gasteiger partial charge in [0.05, 0.1) is 49.7 Å². The van der Waals surface area contributed by atoms with Crippen LogP contribution in [0.1, 0.15) is 38.2 Å². The van der Waals surface area contributed by atoms with E-state index in [4.69, 9.17) is 25.8 Å². The number of likely N-dealkylation sites (tertiary alicyclic amines) is 1. The van der Waals surface area contributed by atoms with Crippen LogP contribution in [0.5, 0.6) is 0 Å². The maximum absolute atomic E-state index is 13.1. The van der Waals surface area contributed by atoms with E-state index in [-0.39, 0.29) is 13.2 Å². The number of allylic oxidation sites excluding steroid dienone is 1. The van der Waals surface area contributed by atoms with Gasteiger partial charge in [0.1, 0.15) is 0 Å². The number of carbonyl (C=O) groups is 2. The fraction of sp³-hybridized carbons (Fsp3) is 0.500. The fourth-order valence-electron chi connectivity index (χ4n) is 4.24. The summed E-state index contributed by atoms with van der Waals surface area (Å²) in [4.78, 5) is 28.2. The summed E-state index contributed by atoms with van der Waals surface area (Å²) in [6.45, 7) is 7.50. The third-order valence-electron chi connectivity index (χ3n) is 5.76. The molecule has 32 heavy (non-hydrogen) atoms. The zero-order chi connectivity index (χ0) is 23.1. The fourth-order valence-corrected chi connectivity index (χ4v) is 4.48. The second-order valence-electron chi connectivity index (χ2n) is 7.82. The third-order valence-corrected chi connectivity index (χ3v) is 6.10. The minimum atomic E-state index is -0.728. The number of ether oxygens (including phenoxy) is 3. The van der Waals surface area contributed by atoms with Crippen LogP contribution in [0, 0.1) is 0 Å². The number of benzene rings is 1. The maximum Gasteiger partial charge on any atom is 0.336 e. The van der Waals surface area contributed by atoms with E-state index in [0.29, 0.717) is 39.7 Å². The monoisotopic (exact) mass is 462 g/mol. The minimum Gasteiger partial charge on any atom is -0.466 e. The molecule has 1 aromatic rings. The molecule has 0 aliphatic carbocycles. The molecular weight excluding hydrogens is 432 g/mol. The van der Waals surface area contributed by atoms with Crippen molar-refractivity contribution in [2.45, 2.75) is 32.6 Å². The van der Waals surface area contributed by atoms with Gasteiger partial charge in [-0.05, 0) is 51.4 Å². The van der Waals surface area contributed by atoms with Gasteiger partial charge in [0.25, 0.3) is 0 Å². The summed E-state index contributed by atoms with van der Waals surface area (Å²) in [6, 6.07) is 7.16. The lowest BCUT2D eigenvalue weighted by Gasteiger charge is -2.31. The van der Waals surface area contributed by atoms with E-state index in [2.05, 4.69) is 10.2 Å². The number of hydrogen-bond acceptors (Lipinski definition) is 7. The van der Waals surface area contributed by atoms with E-state index in [9.17, 15) is 9.59 Å². The van der Waals surface area contributed by atoms with Crippen molar-refractivity contribution < 1.29 is 23.8 Å². The van der Waals surface area contributed by atoms with Gasteiger partial charge >= 0.3 is 11.9 Å². The number of hydrogen-bond donors (Lipinski definition) is 1. The molecule has 1 unspecified atom stereocenters. The van der Waals surface area contributed by atoms with Crippen molar-refractivity contribution >= 4 is 23.5 Å². The van der Waals surface area contributed by atoms with Gasteiger partial charge in [0.2, 0.25) is 0 Å². The van der Waals surface area contributed by atoms with Crippen molar-refractivity contribution in [1.82, 2.24) is 10.2 Å². The molecule has 0 saturated carbocycles. The molecule has 3 rings (SSSR count). The molecule has 1 fully saturated rings. The largest absolute Gasteiger partial charge is 0.466 e. The second kappa shape index (κ2) is 11.5. The third kappa shape index (κ3) is 5.52. The van der Waals surface area contributed by atoms with Crippen LogP contribution >= 0.6 is 11.6 Å². The number of carbonyl (C=O) groups excluding carboxylic acids is 2. The molecule has 7 nitrogen and oxygen atoms in total. The number of rotatable bonds is 9. The first-order valence-electron chi connectivity index (χ1n) is 11.0. The highest BCUT2D eigenvalue weighted by molar-refractivity contribution is 6.31. The second-order valence-corrected chi connectivity index (χ2v) is 8.23. The number of esters is 2. The van der Waals surface area contributed by atoms with Gasteiger partial charge in [-0.1, -0.05) is 29.8 Å². The molecule has 2 aliphatic heterocycles. The van der Waals surface area contributed by atoms with Gasteiger partial charge in [0, 0.05) is 17.3 Å². The molecule has 0 bridgehead atoms. The molecule has 1 aromatic carbocycles. The predicted molar refractivity (Wildman–Crippen MR) is 122 cm³/mol. The number of dihydropyridines is 1. The molecule has 0 amide bonds. The average Bonchev–Trinajstić information content (AvgIpc) is 3.30. The summed E-state index contributed by atoms with van der Waals surface area (Å²) in [6.07, 6.45) is 2.44. The Kier molecular flexibility index (Phi) is 8.73. The van der Waals surface area contributed by atoms with Crippen molar-refractivity contribution in [1.29, 1.82) is 0 Å². The summed E-state index contributed by atoms with van der Waals surface area (Å²) in [5.74, 6) is -1.78. The molecule has 8 heteroatoms. The van der Waals surface area contributed by atoms with Gasteiger partial charge in [-0.25, -0.2) is 9.59 Å². The Hall–Kier alpha value is -2.35. The lowest BCUT2D eigenvalue weighted by atomic mass is 9.80. The van der Waals surface area contributed by atoms with Crippen LogP contribution in [0.3, 0.4) is 0 Å². The smallest absolute Gasteiger partial charge is 0.336 e. The number of nitrogens with zero attached hydrogens (tertiary/aromatic N) is 1. The molecule has 0 spiro atoms. The highest BCUT2D eigenvalue weighted by Crippen LogP contribution is 2.41. The molecule has 0 radical (unpaired) electrons. The Balaban J connectivity index is 1.96. The zero-order valence-corrected chi connectivity index (χ0v) is 19.7. The van der Waals surface area contributed by atoms with Crippen LogP contribution < -0.4 is 5.32 Å². The van der Waals surface area contributed by atoms with Crippen LogP contribution in [0.2, 0.25) is 5.02 Å². The van der Waals surface area contributed by atoms with Gasteiger partial charge in [-0.15, -0.1) is 0 Å². The van der Waals surface area contributed by atoms with E-state index in [0.717, 1.165) is 19.6 Å². The normalized spacial score (nSPS) is 19.2. The van der Waals surface area contributed by atoms with Gasteiger partial charge in [-0.2, -0.15) is 0 Å². The Morgan fingerprint density at radius 3 is 2.53 bits per heavy atom. The van der Waals surface area contributed by atoms with Crippen LogP contribution in [-0.4, -0.2) is 63.4 Å². The number of methoxy groups -OCH3 is 1. The molecule has 2 aliphatic rings. The van der Waals surface area contributed by atoms with E-state index >= 15 is 0 Å². The Labute approximate surface area is 194 Å². The highest BCUT2D eigenvalue weighted by atomic mass is 35.5. The SMILES string of the molecule is CCOC(=O)C1=C(COCCN2CCCC2)NC(C)=C(C(=O)OC)C1c1ccccc1Cl. The first-order valence-corrected chi connectivity index (χ1v) is 11.4. The molecule has 2 heterocycles. The summed E-state index contributed by atoms with van der Waals surface area (Å²) in [5.41, 5.74) is 2.43. The summed E-state index contributed by atoms with van der Waals surface area (Å²) < 4.78 is 16.3. The van der Waals surface area contributed by atoms with Gasteiger partial charge in [-0.3, -0.25) is 0 Å².